The highest BCUT2D eigenvalue weighted by molar-refractivity contribution is 6.26. The zero-order valence-electron chi connectivity index (χ0n) is 24.5. The van der Waals surface area contributed by atoms with Gasteiger partial charge >= 0.3 is 0 Å². The zero-order valence-corrected chi connectivity index (χ0v) is 24.5. The monoisotopic (exact) mass is 617 g/mol. The molecule has 3 aromatic heterocycles. The van der Waals surface area contributed by atoms with E-state index in [0.29, 0.717) is 22.8 Å². The van der Waals surface area contributed by atoms with Crippen LogP contribution in [0.2, 0.25) is 0 Å². The number of aromatic nitrogens is 5. The van der Waals surface area contributed by atoms with Crippen LogP contribution < -0.4 is 16.0 Å². The fourth-order valence-electron chi connectivity index (χ4n) is 5.70. The number of fused-ring (bicyclic) bond motifs is 2. The van der Waals surface area contributed by atoms with E-state index in [9.17, 15) is 24.0 Å². The number of hydrogen-bond donors (Lipinski definition) is 4. The summed E-state index contributed by atoms with van der Waals surface area (Å²) in [5, 5.41) is 13.4. The SMILES string of the molecule is CCCn1cc(-c2nc(Nc3ccc(C(=O)Nc4cccc5c4C(=O)N(C4CCC(=O)NC4=O)C5=O)cc3)nc3[nH]ccc23)cn1. The summed E-state index contributed by atoms with van der Waals surface area (Å²) in [6, 6.07) is 11.9. The number of aromatic amines is 1. The third kappa shape index (κ3) is 5.04. The molecule has 230 valence electrons. The summed E-state index contributed by atoms with van der Waals surface area (Å²) in [5.74, 6) is -2.67. The molecule has 7 rings (SSSR count). The van der Waals surface area contributed by atoms with Gasteiger partial charge in [0.25, 0.3) is 17.7 Å². The van der Waals surface area contributed by atoms with Crippen LogP contribution in [0.15, 0.2) is 67.1 Å². The highest BCUT2D eigenvalue weighted by Crippen LogP contribution is 2.33. The molecule has 0 bridgehead atoms. The Morgan fingerprint density at radius 1 is 1.02 bits per heavy atom. The molecule has 0 aliphatic carbocycles. The number of piperidine rings is 1. The molecule has 0 radical (unpaired) electrons. The molecule has 4 N–H and O–H groups in total. The van der Waals surface area contributed by atoms with E-state index in [1.54, 1.807) is 42.7 Å². The summed E-state index contributed by atoms with van der Waals surface area (Å²) >= 11 is 0. The summed E-state index contributed by atoms with van der Waals surface area (Å²) in [7, 11) is 0. The fourth-order valence-corrected chi connectivity index (χ4v) is 5.70. The molecule has 1 saturated heterocycles. The largest absolute Gasteiger partial charge is 0.346 e. The number of anilines is 3. The van der Waals surface area contributed by atoms with Crippen LogP contribution in [0.4, 0.5) is 17.3 Å². The maximum Gasteiger partial charge on any atom is 0.264 e. The average molecular weight is 618 g/mol. The number of hydrogen-bond acceptors (Lipinski definition) is 9. The first-order valence-corrected chi connectivity index (χ1v) is 14.7. The Bertz CT molecular complexity index is 2060. The number of benzene rings is 2. The minimum atomic E-state index is -1.11. The lowest BCUT2D eigenvalue weighted by Crippen LogP contribution is -2.54. The van der Waals surface area contributed by atoms with Crippen LogP contribution in [0.5, 0.6) is 0 Å². The van der Waals surface area contributed by atoms with Crippen LogP contribution in [-0.4, -0.2) is 65.2 Å². The molecule has 5 heterocycles. The minimum Gasteiger partial charge on any atom is -0.346 e. The second-order valence-electron chi connectivity index (χ2n) is 11.0. The number of H-pyrrole nitrogens is 1. The van der Waals surface area contributed by atoms with Gasteiger partial charge in [-0.25, -0.2) is 4.98 Å². The smallest absolute Gasteiger partial charge is 0.264 e. The third-order valence-electron chi connectivity index (χ3n) is 7.89. The van der Waals surface area contributed by atoms with Crippen molar-refractivity contribution in [3.63, 3.8) is 0 Å². The van der Waals surface area contributed by atoms with Crippen molar-refractivity contribution in [1.29, 1.82) is 0 Å². The first-order chi connectivity index (χ1) is 22.3. The second-order valence-corrected chi connectivity index (χ2v) is 11.0. The van der Waals surface area contributed by atoms with Crippen LogP contribution in [0, 0.1) is 0 Å². The van der Waals surface area contributed by atoms with E-state index < -0.39 is 35.6 Å². The molecule has 5 aromatic rings. The van der Waals surface area contributed by atoms with Gasteiger partial charge in [0.2, 0.25) is 17.8 Å². The van der Waals surface area contributed by atoms with Gasteiger partial charge in [-0.2, -0.15) is 10.1 Å². The van der Waals surface area contributed by atoms with Gasteiger partial charge in [-0.3, -0.25) is 38.9 Å². The Morgan fingerprint density at radius 3 is 2.63 bits per heavy atom. The number of amides is 5. The molecule has 14 nitrogen and oxygen atoms in total. The molecule has 2 aromatic carbocycles. The lowest BCUT2D eigenvalue weighted by molar-refractivity contribution is -0.136. The van der Waals surface area contributed by atoms with Crippen molar-refractivity contribution in [2.75, 3.05) is 10.6 Å². The normalized spacial score (nSPS) is 16.1. The maximum atomic E-state index is 13.4. The van der Waals surface area contributed by atoms with Crippen molar-refractivity contribution in [3.8, 4) is 11.3 Å². The zero-order chi connectivity index (χ0) is 31.9. The lowest BCUT2D eigenvalue weighted by atomic mass is 10.0. The van der Waals surface area contributed by atoms with Crippen molar-refractivity contribution >= 4 is 57.9 Å². The van der Waals surface area contributed by atoms with Crippen LogP contribution in [-0.2, 0) is 16.1 Å². The molecule has 14 heteroatoms. The predicted molar refractivity (Wildman–Crippen MR) is 166 cm³/mol. The quantitative estimate of drug-likeness (QED) is 0.189. The number of nitrogens with one attached hydrogen (secondary N) is 4. The molecule has 1 atom stereocenters. The topological polar surface area (TPSA) is 184 Å². The number of aryl methyl sites for hydroxylation is 1. The lowest BCUT2D eigenvalue weighted by Gasteiger charge is -2.27. The molecule has 1 fully saturated rings. The van der Waals surface area contributed by atoms with Gasteiger partial charge in [-0.05, 0) is 55.3 Å². The van der Waals surface area contributed by atoms with Gasteiger partial charge < -0.3 is 15.6 Å². The summed E-state index contributed by atoms with van der Waals surface area (Å²) in [6.45, 7) is 2.89. The summed E-state index contributed by atoms with van der Waals surface area (Å²) in [6.07, 6.45) is 6.53. The number of imide groups is 2. The molecule has 0 saturated carbocycles. The summed E-state index contributed by atoms with van der Waals surface area (Å²) in [5.41, 5.74) is 3.39. The van der Waals surface area contributed by atoms with Crippen LogP contribution >= 0.6 is 0 Å². The minimum absolute atomic E-state index is 0.00302. The van der Waals surface area contributed by atoms with Crippen molar-refractivity contribution in [1.82, 2.24) is 34.9 Å². The standard InChI is InChI=1S/C32H27N9O5/c1-2-14-40-16-18(15-34-40)26-21-12-13-33-27(21)39-32(38-26)35-19-8-6-17(7-9-19)28(43)36-22-5-3-4-20-25(22)31(46)41(30(20)45)23-10-11-24(42)37-29(23)44/h3-9,12-13,15-16,23H,2,10-11,14H2,1H3,(H,36,43)(H,37,42,44)(H2,33,35,38,39). The summed E-state index contributed by atoms with van der Waals surface area (Å²) < 4.78 is 1.87. The Hall–Kier alpha value is -6.18. The highest BCUT2D eigenvalue weighted by atomic mass is 16.2. The van der Waals surface area contributed by atoms with E-state index in [2.05, 4.69) is 37.9 Å². The molecule has 0 spiro atoms. The van der Waals surface area contributed by atoms with Crippen LogP contribution in [0.1, 0.15) is 57.3 Å². The van der Waals surface area contributed by atoms with E-state index in [1.165, 1.54) is 12.1 Å². The Kier molecular flexibility index (Phi) is 7.08. The van der Waals surface area contributed by atoms with Gasteiger partial charge in [-0.15, -0.1) is 0 Å². The molecule has 2 aliphatic rings. The third-order valence-corrected chi connectivity index (χ3v) is 7.89. The van der Waals surface area contributed by atoms with E-state index in [1.807, 2.05) is 16.9 Å². The molecule has 46 heavy (non-hydrogen) atoms. The van der Waals surface area contributed by atoms with Crippen LogP contribution in [0.25, 0.3) is 22.3 Å². The fraction of sp³-hybridized carbons (Fsp3) is 0.188. The van der Waals surface area contributed by atoms with E-state index in [4.69, 9.17) is 4.98 Å². The number of carbonyl (C=O) groups is 5. The van der Waals surface area contributed by atoms with Crippen LogP contribution in [0.3, 0.4) is 0 Å². The second kappa shape index (κ2) is 11.4. The van der Waals surface area contributed by atoms with Crippen molar-refractivity contribution in [2.45, 2.75) is 38.8 Å². The molecular weight excluding hydrogens is 590 g/mol. The van der Waals surface area contributed by atoms with Gasteiger partial charge in [0.1, 0.15) is 11.7 Å². The molecule has 1 unspecified atom stereocenters. The van der Waals surface area contributed by atoms with E-state index in [-0.39, 0.29) is 29.7 Å². The number of rotatable bonds is 8. The number of nitrogens with zero attached hydrogens (tertiary/aromatic N) is 5. The van der Waals surface area contributed by atoms with E-state index >= 15 is 0 Å². The molecule has 5 amide bonds. The Morgan fingerprint density at radius 2 is 1.85 bits per heavy atom. The number of carbonyl (C=O) groups excluding carboxylic acids is 5. The van der Waals surface area contributed by atoms with Crippen molar-refractivity contribution in [2.24, 2.45) is 0 Å². The maximum absolute atomic E-state index is 13.4. The molecule has 2 aliphatic heterocycles. The van der Waals surface area contributed by atoms with Gasteiger partial charge in [0, 0.05) is 47.6 Å². The van der Waals surface area contributed by atoms with Gasteiger partial charge in [-0.1, -0.05) is 13.0 Å². The molecular formula is C32H27N9O5. The van der Waals surface area contributed by atoms with Crippen molar-refractivity contribution < 1.29 is 24.0 Å². The first-order valence-electron chi connectivity index (χ1n) is 14.7. The van der Waals surface area contributed by atoms with Gasteiger partial charge in [0.15, 0.2) is 0 Å². The van der Waals surface area contributed by atoms with E-state index in [0.717, 1.165) is 34.5 Å². The van der Waals surface area contributed by atoms with Crippen molar-refractivity contribution in [3.05, 3.63) is 83.8 Å². The summed E-state index contributed by atoms with van der Waals surface area (Å²) in [4.78, 5) is 77.0. The first kappa shape index (κ1) is 28.6. The van der Waals surface area contributed by atoms with Gasteiger partial charge in [0.05, 0.1) is 28.7 Å². The highest BCUT2D eigenvalue weighted by Gasteiger charge is 2.45. The average Bonchev–Trinajstić information content (AvgIpc) is 3.77. The predicted octanol–water partition coefficient (Wildman–Crippen LogP) is 3.63. The Labute approximate surface area is 261 Å². The Balaban J connectivity index is 1.08.